The molecule has 0 spiro atoms. The molecular formula is C22H28N2O4S. The van der Waals surface area contributed by atoms with E-state index in [9.17, 15) is 9.59 Å². The van der Waals surface area contributed by atoms with E-state index in [1.165, 1.54) is 7.11 Å². The van der Waals surface area contributed by atoms with Crippen molar-refractivity contribution >= 4 is 23.2 Å². The third-order valence-corrected chi connectivity index (χ3v) is 5.75. The summed E-state index contributed by atoms with van der Waals surface area (Å²) in [4.78, 5) is 30.3. The van der Waals surface area contributed by atoms with Crippen LogP contribution in [0.4, 0.5) is 0 Å². The van der Waals surface area contributed by atoms with Gasteiger partial charge in [0.2, 0.25) is 11.8 Å². The molecule has 0 radical (unpaired) electrons. The number of nitrogens with zero attached hydrogens (tertiary/aromatic N) is 2. The topological polar surface area (TPSA) is 59.1 Å². The number of hydrogen-bond acceptors (Lipinski definition) is 5. The van der Waals surface area contributed by atoms with E-state index in [0.29, 0.717) is 26.2 Å². The number of rotatable bonds is 10. The van der Waals surface area contributed by atoms with Crippen LogP contribution in [0, 0.1) is 0 Å². The van der Waals surface area contributed by atoms with Crippen LogP contribution < -0.4 is 0 Å². The molecule has 156 valence electrons. The second kappa shape index (κ2) is 11.1. The highest BCUT2D eigenvalue weighted by molar-refractivity contribution is 7.09. The van der Waals surface area contributed by atoms with Crippen molar-refractivity contribution in [3.8, 4) is 0 Å². The molecule has 1 aromatic carbocycles. The van der Waals surface area contributed by atoms with E-state index in [0.717, 1.165) is 23.3 Å². The number of methoxy groups -OCH3 is 1. The maximum Gasteiger partial charge on any atom is 0.249 e. The Morgan fingerprint density at radius 3 is 2.59 bits per heavy atom. The molecule has 2 amide bonds. The van der Waals surface area contributed by atoms with Gasteiger partial charge >= 0.3 is 0 Å². The zero-order valence-corrected chi connectivity index (χ0v) is 17.6. The van der Waals surface area contributed by atoms with Crippen LogP contribution in [0.2, 0.25) is 0 Å². The lowest BCUT2D eigenvalue weighted by Crippen LogP contribution is -2.46. The summed E-state index contributed by atoms with van der Waals surface area (Å²) in [6, 6.07) is 13.9. The molecule has 1 atom stereocenters. The van der Waals surface area contributed by atoms with Gasteiger partial charge in [0.25, 0.3) is 0 Å². The minimum absolute atomic E-state index is 0.0107. The molecule has 1 fully saturated rings. The Labute approximate surface area is 176 Å². The number of ether oxygens (including phenoxy) is 2. The van der Waals surface area contributed by atoms with Gasteiger partial charge in [-0.2, -0.15) is 0 Å². The monoisotopic (exact) mass is 416 g/mol. The first-order chi connectivity index (χ1) is 14.2. The van der Waals surface area contributed by atoms with Crippen LogP contribution in [-0.2, 0) is 32.2 Å². The highest BCUT2D eigenvalue weighted by Gasteiger charge is 2.26. The van der Waals surface area contributed by atoms with Gasteiger partial charge in [0.15, 0.2) is 0 Å². The van der Waals surface area contributed by atoms with Crippen molar-refractivity contribution < 1.29 is 19.1 Å². The van der Waals surface area contributed by atoms with Crippen molar-refractivity contribution in [2.75, 3.05) is 33.4 Å². The molecule has 2 aromatic rings. The fraction of sp³-hybridized carbons (Fsp3) is 0.455. The number of amides is 2. The SMILES string of the molecule is COCC(=O)N(CC(=O)N(Cc1ccccc1)Cc1cccs1)C[C@@H]1CCCO1. The third-order valence-electron chi connectivity index (χ3n) is 4.89. The summed E-state index contributed by atoms with van der Waals surface area (Å²) < 4.78 is 10.7. The van der Waals surface area contributed by atoms with Crippen molar-refractivity contribution in [3.05, 3.63) is 58.3 Å². The number of carbonyl (C=O) groups is 2. The Hall–Kier alpha value is -2.22. The van der Waals surface area contributed by atoms with Gasteiger partial charge in [-0.15, -0.1) is 11.3 Å². The second-order valence-electron chi connectivity index (χ2n) is 7.16. The lowest BCUT2D eigenvalue weighted by Gasteiger charge is -2.29. The Bertz CT molecular complexity index is 760. The molecule has 1 saturated heterocycles. The molecule has 0 N–H and O–H groups in total. The van der Waals surface area contributed by atoms with Crippen molar-refractivity contribution in [3.63, 3.8) is 0 Å². The largest absolute Gasteiger partial charge is 0.376 e. The normalized spacial score (nSPS) is 16.0. The van der Waals surface area contributed by atoms with Crippen molar-refractivity contribution in [2.24, 2.45) is 0 Å². The van der Waals surface area contributed by atoms with E-state index in [-0.39, 0.29) is 31.1 Å². The quantitative estimate of drug-likeness (QED) is 0.598. The van der Waals surface area contributed by atoms with Crippen LogP contribution >= 0.6 is 11.3 Å². The first-order valence-corrected chi connectivity index (χ1v) is 10.8. The predicted octanol–water partition coefficient (Wildman–Crippen LogP) is 2.93. The summed E-state index contributed by atoms with van der Waals surface area (Å²) in [6.07, 6.45) is 1.89. The summed E-state index contributed by atoms with van der Waals surface area (Å²) in [5.41, 5.74) is 1.06. The van der Waals surface area contributed by atoms with Crippen LogP contribution in [0.1, 0.15) is 23.3 Å². The summed E-state index contributed by atoms with van der Waals surface area (Å²) in [6.45, 7) is 2.15. The van der Waals surface area contributed by atoms with Gasteiger partial charge in [0, 0.05) is 31.7 Å². The lowest BCUT2D eigenvalue weighted by atomic mass is 10.2. The van der Waals surface area contributed by atoms with Crippen LogP contribution in [-0.4, -0.2) is 61.1 Å². The standard InChI is InChI=1S/C22H28N2O4S/c1-27-17-22(26)24(14-19-9-5-11-28-19)16-21(25)23(15-20-10-6-12-29-20)13-18-7-3-2-4-8-18/h2-4,6-8,10,12,19H,5,9,11,13-17H2,1H3/t19-/m0/s1. The van der Waals surface area contributed by atoms with E-state index >= 15 is 0 Å². The molecule has 2 heterocycles. The molecule has 6 nitrogen and oxygen atoms in total. The van der Waals surface area contributed by atoms with Crippen LogP contribution in [0.5, 0.6) is 0 Å². The number of hydrogen-bond donors (Lipinski definition) is 0. The maximum absolute atomic E-state index is 13.2. The van der Waals surface area contributed by atoms with Gasteiger partial charge in [-0.1, -0.05) is 36.4 Å². The maximum atomic E-state index is 13.2. The van der Waals surface area contributed by atoms with Gasteiger partial charge in [0.05, 0.1) is 19.2 Å². The van der Waals surface area contributed by atoms with E-state index in [4.69, 9.17) is 9.47 Å². The first-order valence-electron chi connectivity index (χ1n) is 9.88. The molecule has 1 aliphatic heterocycles. The van der Waals surface area contributed by atoms with Gasteiger partial charge in [0.1, 0.15) is 6.61 Å². The van der Waals surface area contributed by atoms with E-state index < -0.39 is 0 Å². The Morgan fingerprint density at radius 1 is 1.10 bits per heavy atom. The third kappa shape index (κ3) is 6.66. The molecular weight excluding hydrogens is 388 g/mol. The van der Waals surface area contributed by atoms with Crippen molar-refractivity contribution in [1.82, 2.24) is 9.80 Å². The van der Waals surface area contributed by atoms with Gasteiger partial charge in [-0.3, -0.25) is 9.59 Å². The molecule has 0 bridgehead atoms. The van der Waals surface area contributed by atoms with E-state index in [1.807, 2.05) is 52.7 Å². The summed E-state index contributed by atoms with van der Waals surface area (Å²) in [7, 11) is 1.49. The average Bonchev–Trinajstić information content (AvgIpc) is 3.42. The Morgan fingerprint density at radius 2 is 1.93 bits per heavy atom. The average molecular weight is 417 g/mol. The smallest absolute Gasteiger partial charge is 0.249 e. The number of thiophene rings is 1. The molecule has 29 heavy (non-hydrogen) atoms. The molecule has 1 aliphatic rings. The zero-order chi connectivity index (χ0) is 20.5. The minimum Gasteiger partial charge on any atom is -0.376 e. The fourth-order valence-electron chi connectivity index (χ4n) is 3.39. The van der Waals surface area contributed by atoms with Crippen LogP contribution in [0.25, 0.3) is 0 Å². The highest BCUT2D eigenvalue weighted by Crippen LogP contribution is 2.17. The van der Waals surface area contributed by atoms with Crippen molar-refractivity contribution in [1.29, 1.82) is 0 Å². The Balaban J connectivity index is 1.71. The molecule has 3 rings (SSSR count). The molecule has 7 heteroatoms. The molecule has 0 aliphatic carbocycles. The summed E-state index contributed by atoms with van der Waals surface area (Å²) in [5.74, 6) is -0.267. The molecule has 1 aromatic heterocycles. The number of carbonyl (C=O) groups excluding carboxylic acids is 2. The first kappa shape index (κ1) is 21.5. The lowest BCUT2D eigenvalue weighted by molar-refractivity contribution is -0.144. The van der Waals surface area contributed by atoms with E-state index in [2.05, 4.69) is 0 Å². The summed E-state index contributed by atoms with van der Waals surface area (Å²) in [5, 5.41) is 2.01. The molecule has 0 saturated carbocycles. The summed E-state index contributed by atoms with van der Waals surface area (Å²) >= 11 is 1.62. The van der Waals surface area contributed by atoms with Gasteiger partial charge in [-0.25, -0.2) is 0 Å². The molecule has 0 unspecified atom stereocenters. The van der Waals surface area contributed by atoms with Crippen LogP contribution in [0.3, 0.4) is 0 Å². The predicted molar refractivity (Wildman–Crippen MR) is 112 cm³/mol. The highest BCUT2D eigenvalue weighted by atomic mass is 32.1. The number of benzene rings is 1. The fourth-order valence-corrected chi connectivity index (χ4v) is 4.11. The van der Waals surface area contributed by atoms with Crippen molar-refractivity contribution in [2.45, 2.75) is 32.0 Å². The second-order valence-corrected chi connectivity index (χ2v) is 8.19. The Kier molecular flexibility index (Phi) is 8.22. The minimum atomic E-state index is -0.188. The zero-order valence-electron chi connectivity index (χ0n) is 16.8. The van der Waals surface area contributed by atoms with Crippen LogP contribution in [0.15, 0.2) is 47.8 Å². The van der Waals surface area contributed by atoms with Gasteiger partial charge in [-0.05, 0) is 29.9 Å². The van der Waals surface area contributed by atoms with Gasteiger partial charge < -0.3 is 19.3 Å². The van der Waals surface area contributed by atoms with E-state index in [1.54, 1.807) is 16.2 Å².